The molecule has 0 aromatic carbocycles. The van der Waals surface area contributed by atoms with Gasteiger partial charge in [0.1, 0.15) is 0 Å². The van der Waals surface area contributed by atoms with Crippen LogP contribution in [0.5, 0.6) is 0 Å². The molecule has 2 heterocycles. The molecule has 0 aliphatic rings. The Balaban J connectivity index is 2.17. The van der Waals surface area contributed by atoms with Gasteiger partial charge >= 0.3 is 0 Å². The highest BCUT2D eigenvalue weighted by molar-refractivity contribution is 9.10. The summed E-state index contributed by atoms with van der Waals surface area (Å²) in [5.74, 6) is 0. The molecule has 0 spiro atoms. The van der Waals surface area contributed by atoms with Gasteiger partial charge in [0.05, 0.1) is 18.4 Å². The number of halogens is 1. The third kappa shape index (κ3) is 3.43. The number of nitrogens with one attached hydrogen (secondary N) is 1. The fourth-order valence-electron chi connectivity index (χ4n) is 1.55. The van der Waals surface area contributed by atoms with Gasteiger partial charge in [-0.2, -0.15) is 5.10 Å². The first-order valence-corrected chi connectivity index (χ1v) is 7.28. The second-order valence-corrected chi connectivity index (χ2v) is 6.18. The molecule has 0 unspecified atom stereocenters. The van der Waals surface area contributed by atoms with E-state index in [0.29, 0.717) is 6.54 Å². The van der Waals surface area contributed by atoms with Gasteiger partial charge in [0, 0.05) is 26.8 Å². The summed E-state index contributed by atoms with van der Waals surface area (Å²) in [6, 6.07) is 3.87. The van der Waals surface area contributed by atoms with Crippen LogP contribution in [0.4, 0.5) is 5.69 Å². The molecule has 0 atom stereocenters. The van der Waals surface area contributed by atoms with E-state index in [1.54, 1.807) is 23.6 Å². The van der Waals surface area contributed by atoms with Crippen LogP contribution in [0.3, 0.4) is 0 Å². The lowest BCUT2D eigenvalue weighted by molar-refractivity contribution is 0.645. The number of anilines is 1. The SMILES string of the molecule is CC(C)Nc1cnn(Cc2cc(Br)cs2)c(=O)c1. The summed E-state index contributed by atoms with van der Waals surface area (Å²) in [4.78, 5) is 13.0. The van der Waals surface area contributed by atoms with Gasteiger partial charge in [0.15, 0.2) is 0 Å². The Morgan fingerprint density at radius 3 is 2.83 bits per heavy atom. The number of hydrogen-bond donors (Lipinski definition) is 1. The zero-order valence-electron chi connectivity index (χ0n) is 10.2. The first-order valence-electron chi connectivity index (χ1n) is 5.61. The molecule has 4 nitrogen and oxygen atoms in total. The maximum atomic E-state index is 11.9. The summed E-state index contributed by atoms with van der Waals surface area (Å²) in [5, 5.41) is 9.32. The Morgan fingerprint density at radius 2 is 2.28 bits per heavy atom. The second kappa shape index (κ2) is 5.67. The predicted molar refractivity (Wildman–Crippen MR) is 78.4 cm³/mol. The third-order valence-corrected chi connectivity index (χ3v) is 3.93. The molecule has 2 rings (SSSR count). The average Bonchev–Trinajstić information content (AvgIpc) is 2.67. The van der Waals surface area contributed by atoms with Crippen molar-refractivity contribution >= 4 is 33.0 Å². The van der Waals surface area contributed by atoms with E-state index in [2.05, 4.69) is 26.3 Å². The lowest BCUT2D eigenvalue weighted by Gasteiger charge is -2.10. The summed E-state index contributed by atoms with van der Waals surface area (Å²) in [6.45, 7) is 4.56. The largest absolute Gasteiger partial charge is 0.381 e. The molecular weight excluding hydrogens is 314 g/mol. The summed E-state index contributed by atoms with van der Waals surface area (Å²) >= 11 is 5.00. The normalized spacial score (nSPS) is 10.9. The Labute approximate surface area is 118 Å². The number of aromatic nitrogens is 2. The first-order chi connectivity index (χ1) is 8.54. The van der Waals surface area contributed by atoms with Crippen molar-refractivity contribution in [1.29, 1.82) is 0 Å². The van der Waals surface area contributed by atoms with Gasteiger partial charge in [-0.1, -0.05) is 0 Å². The molecule has 1 N–H and O–H groups in total. The maximum absolute atomic E-state index is 11.9. The summed E-state index contributed by atoms with van der Waals surface area (Å²) in [7, 11) is 0. The van der Waals surface area contributed by atoms with E-state index in [-0.39, 0.29) is 11.6 Å². The van der Waals surface area contributed by atoms with Gasteiger partial charge in [-0.3, -0.25) is 4.79 Å². The first kappa shape index (κ1) is 13.3. The topological polar surface area (TPSA) is 46.9 Å². The molecule has 96 valence electrons. The van der Waals surface area contributed by atoms with E-state index >= 15 is 0 Å². The van der Waals surface area contributed by atoms with Gasteiger partial charge in [0.2, 0.25) is 0 Å². The molecule has 2 aromatic heterocycles. The van der Waals surface area contributed by atoms with Crippen LogP contribution in [0, 0.1) is 0 Å². The molecule has 6 heteroatoms. The Bertz CT molecular complexity index is 591. The number of nitrogens with zero attached hydrogens (tertiary/aromatic N) is 2. The summed E-state index contributed by atoms with van der Waals surface area (Å²) in [5.41, 5.74) is 0.670. The summed E-state index contributed by atoms with van der Waals surface area (Å²) < 4.78 is 2.50. The van der Waals surface area contributed by atoms with Gasteiger partial charge < -0.3 is 5.32 Å². The quantitative estimate of drug-likeness (QED) is 0.939. The molecule has 2 aromatic rings. The van der Waals surface area contributed by atoms with Crippen LogP contribution in [0.25, 0.3) is 0 Å². The van der Waals surface area contributed by atoms with E-state index in [4.69, 9.17) is 0 Å². The standard InChI is InChI=1S/C12H14BrN3OS/c1-8(2)15-10-4-12(17)16(14-5-10)6-11-3-9(13)7-18-11/h3-5,7-8,15H,6H2,1-2H3. The average molecular weight is 328 g/mol. The number of rotatable bonds is 4. The van der Waals surface area contributed by atoms with Crippen LogP contribution < -0.4 is 10.9 Å². The zero-order chi connectivity index (χ0) is 13.1. The highest BCUT2D eigenvalue weighted by atomic mass is 79.9. The van der Waals surface area contributed by atoms with Crippen molar-refractivity contribution in [2.45, 2.75) is 26.4 Å². The molecule has 18 heavy (non-hydrogen) atoms. The molecule has 0 fully saturated rings. The number of hydrogen-bond acceptors (Lipinski definition) is 4. The smallest absolute Gasteiger partial charge is 0.269 e. The highest BCUT2D eigenvalue weighted by Crippen LogP contribution is 2.19. The minimum atomic E-state index is -0.0924. The van der Waals surface area contributed by atoms with Crippen LogP contribution in [0.1, 0.15) is 18.7 Å². The predicted octanol–water partition coefficient (Wildman–Crippen LogP) is 2.94. The molecule has 0 saturated heterocycles. The van der Waals surface area contributed by atoms with Gasteiger partial charge in [-0.15, -0.1) is 11.3 Å². The van der Waals surface area contributed by atoms with Crippen molar-refractivity contribution in [2.75, 3.05) is 5.32 Å². The molecule has 0 aliphatic heterocycles. The van der Waals surface area contributed by atoms with Crippen LogP contribution in [0.15, 0.2) is 33.0 Å². The molecule has 0 bridgehead atoms. The molecule has 0 amide bonds. The van der Waals surface area contributed by atoms with Crippen LogP contribution in [-0.4, -0.2) is 15.8 Å². The summed E-state index contributed by atoms with van der Waals surface area (Å²) in [6.07, 6.45) is 1.68. The van der Waals surface area contributed by atoms with Crippen molar-refractivity contribution in [3.63, 3.8) is 0 Å². The van der Waals surface area contributed by atoms with E-state index in [1.807, 2.05) is 25.3 Å². The van der Waals surface area contributed by atoms with Crippen LogP contribution in [-0.2, 0) is 6.54 Å². The van der Waals surface area contributed by atoms with E-state index in [1.165, 1.54) is 4.68 Å². The maximum Gasteiger partial charge on any atom is 0.269 e. The minimum Gasteiger partial charge on any atom is -0.381 e. The third-order valence-electron chi connectivity index (χ3n) is 2.25. The van der Waals surface area contributed by atoms with E-state index < -0.39 is 0 Å². The monoisotopic (exact) mass is 327 g/mol. The highest BCUT2D eigenvalue weighted by Gasteiger charge is 2.04. The lowest BCUT2D eigenvalue weighted by Crippen LogP contribution is -2.23. The Morgan fingerprint density at radius 1 is 1.50 bits per heavy atom. The Hall–Kier alpha value is -1.14. The molecular formula is C12H14BrN3OS. The fourth-order valence-corrected chi connectivity index (χ4v) is 2.98. The Kier molecular flexibility index (Phi) is 4.19. The molecule has 0 aliphatic carbocycles. The van der Waals surface area contributed by atoms with Crippen LogP contribution in [0.2, 0.25) is 0 Å². The fraction of sp³-hybridized carbons (Fsp3) is 0.333. The van der Waals surface area contributed by atoms with Crippen molar-refractivity contribution in [3.05, 3.63) is 43.4 Å². The van der Waals surface area contributed by atoms with Gasteiger partial charge in [-0.05, 0) is 35.8 Å². The lowest BCUT2D eigenvalue weighted by atomic mass is 10.3. The van der Waals surface area contributed by atoms with Gasteiger partial charge in [-0.25, -0.2) is 4.68 Å². The second-order valence-electron chi connectivity index (χ2n) is 4.27. The van der Waals surface area contributed by atoms with Gasteiger partial charge in [0.25, 0.3) is 5.56 Å². The molecule has 0 saturated carbocycles. The number of thiophene rings is 1. The van der Waals surface area contributed by atoms with Crippen molar-refractivity contribution < 1.29 is 0 Å². The zero-order valence-corrected chi connectivity index (χ0v) is 12.6. The van der Waals surface area contributed by atoms with Crippen molar-refractivity contribution in [1.82, 2.24) is 9.78 Å². The van der Waals surface area contributed by atoms with E-state index in [0.717, 1.165) is 15.0 Å². The van der Waals surface area contributed by atoms with Crippen molar-refractivity contribution in [3.8, 4) is 0 Å². The van der Waals surface area contributed by atoms with E-state index in [9.17, 15) is 4.79 Å². The van der Waals surface area contributed by atoms with Crippen molar-refractivity contribution in [2.24, 2.45) is 0 Å². The van der Waals surface area contributed by atoms with Crippen LogP contribution >= 0.6 is 27.3 Å². The minimum absolute atomic E-state index is 0.0924. The molecule has 0 radical (unpaired) electrons.